The summed E-state index contributed by atoms with van der Waals surface area (Å²) in [7, 11) is 2.70. The molecule has 0 unspecified atom stereocenters. The van der Waals surface area contributed by atoms with Crippen molar-refractivity contribution in [3.8, 4) is 5.75 Å². The van der Waals surface area contributed by atoms with Gasteiger partial charge in [0, 0.05) is 11.6 Å². The molecule has 1 N–H and O–H groups in total. The molecule has 0 saturated carbocycles. The van der Waals surface area contributed by atoms with E-state index in [-0.39, 0.29) is 40.8 Å². The first-order chi connectivity index (χ1) is 10.1. The Morgan fingerprint density at radius 1 is 1.05 bits per heavy atom. The van der Waals surface area contributed by atoms with Crippen molar-refractivity contribution in [2.24, 2.45) is 0 Å². The van der Waals surface area contributed by atoms with Crippen LogP contribution in [0.15, 0.2) is 47.4 Å². The Balaban J connectivity index is 2.25. The molecule has 1 aliphatic carbocycles. The number of hydrogen-bond donors (Lipinski definition) is 1. The third-order valence-electron chi connectivity index (χ3n) is 3.32. The highest BCUT2D eigenvalue weighted by molar-refractivity contribution is 6.21. The van der Waals surface area contributed by atoms with Crippen LogP contribution in [0, 0.1) is 0 Å². The second kappa shape index (κ2) is 6.26. The van der Waals surface area contributed by atoms with Crippen molar-refractivity contribution in [2.75, 3.05) is 14.2 Å². The summed E-state index contributed by atoms with van der Waals surface area (Å²) >= 11 is 0. The van der Waals surface area contributed by atoms with Gasteiger partial charge in [-0.25, -0.2) is 0 Å². The standard InChI is InChI=1S/C16H16O5/c1-20-14-9-13(18)16(21-2)11(15(14)19)8-7-10-5-3-4-6-12(10)17/h3-6,9,17H,7-8H2,1-2H3. The maximum atomic E-state index is 12.2. The van der Waals surface area contributed by atoms with Gasteiger partial charge in [0.25, 0.3) is 0 Å². The topological polar surface area (TPSA) is 72.8 Å². The van der Waals surface area contributed by atoms with Gasteiger partial charge in [0.1, 0.15) is 5.75 Å². The van der Waals surface area contributed by atoms with Gasteiger partial charge in [-0.1, -0.05) is 18.2 Å². The lowest BCUT2D eigenvalue weighted by molar-refractivity contribution is -0.120. The van der Waals surface area contributed by atoms with Gasteiger partial charge in [-0.2, -0.15) is 0 Å². The maximum absolute atomic E-state index is 12.2. The normalized spacial score (nSPS) is 15.0. The fraction of sp³-hybridized carbons (Fsp3) is 0.250. The van der Waals surface area contributed by atoms with Gasteiger partial charge in [-0.05, 0) is 24.5 Å². The Labute approximate surface area is 122 Å². The van der Waals surface area contributed by atoms with E-state index in [0.29, 0.717) is 12.0 Å². The average Bonchev–Trinajstić information content (AvgIpc) is 2.49. The van der Waals surface area contributed by atoms with E-state index in [1.54, 1.807) is 24.3 Å². The number of rotatable bonds is 5. The van der Waals surface area contributed by atoms with E-state index in [9.17, 15) is 14.7 Å². The number of aromatic hydroxyl groups is 1. The van der Waals surface area contributed by atoms with Gasteiger partial charge >= 0.3 is 0 Å². The molecule has 1 aromatic rings. The summed E-state index contributed by atoms with van der Waals surface area (Å²) in [4.78, 5) is 24.1. The van der Waals surface area contributed by atoms with E-state index >= 15 is 0 Å². The van der Waals surface area contributed by atoms with Gasteiger partial charge in [-0.15, -0.1) is 0 Å². The Hall–Kier alpha value is -2.56. The van der Waals surface area contributed by atoms with E-state index in [0.717, 1.165) is 6.08 Å². The second-order valence-corrected chi connectivity index (χ2v) is 4.55. The molecule has 0 aliphatic heterocycles. The van der Waals surface area contributed by atoms with Gasteiger partial charge in [0.05, 0.1) is 14.2 Å². The Bertz CT molecular complexity index is 640. The highest BCUT2D eigenvalue weighted by atomic mass is 16.5. The zero-order valence-corrected chi connectivity index (χ0v) is 11.9. The molecule has 0 fully saturated rings. The van der Waals surface area contributed by atoms with Crippen molar-refractivity contribution in [1.82, 2.24) is 0 Å². The van der Waals surface area contributed by atoms with Gasteiger partial charge in [0.2, 0.25) is 11.6 Å². The molecule has 2 rings (SSSR count). The first kappa shape index (κ1) is 14.8. The number of carbonyl (C=O) groups excluding carboxylic acids is 2. The van der Waals surface area contributed by atoms with Crippen molar-refractivity contribution in [1.29, 1.82) is 0 Å². The van der Waals surface area contributed by atoms with Gasteiger partial charge in [0.15, 0.2) is 11.5 Å². The number of Topliss-reactive ketones (excluding diaryl/α,β-unsaturated/α-hetero) is 1. The minimum atomic E-state index is -0.388. The maximum Gasteiger partial charge on any atom is 0.227 e. The quantitative estimate of drug-likeness (QED) is 0.838. The van der Waals surface area contributed by atoms with Crippen molar-refractivity contribution in [3.63, 3.8) is 0 Å². The van der Waals surface area contributed by atoms with Crippen LogP contribution in [0.4, 0.5) is 0 Å². The van der Waals surface area contributed by atoms with E-state index in [4.69, 9.17) is 9.47 Å². The minimum absolute atomic E-state index is 0.00748. The predicted octanol–water partition coefficient (Wildman–Crippen LogP) is 1.91. The molecule has 0 atom stereocenters. The van der Waals surface area contributed by atoms with Crippen LogP contribution in [0.5, 0.6) is 5.75 Å². The number of aryl methyl sites for hydroxylation is 1. The number of hydrogen-bond acceptors (Lipinski definition) is 5. The van der Waals surface area contributed by atoms with Crippen molar-refractivity contribution < 1.29 is 24.2 Å². The van der Waals surface area contributed by atoms with E-state index in [1.165, 1.54) is 14.2 Å². The third kappa shape index (κ3) is 2.97. The number of para-hydroxylation sites is 1. The van der Waals surface area contributed by atoms with E-state index in [2.05, 4.69) is 0 Å². The first-order valence-corrected chi connectivity index (χ1v) is 6.47. The molecule has 5 nitrogen and oxygen atoms in total. The summed E-state index contributed by atoms with van der Waals surface area (Å²) in [5, 5.41) is 9.74. The minimum Gasteiger partial charge on any atom is -0.508 e. The van der Waals surface area contributed by atoms with Crippen LogP contribution < -0.4 is 0 Å². The molecule has 1 aliphatic rings. The number of benzene rings is 1. The van der Waals surface area contributed by atoms with Crippen LogP contribution in [0.1, 0.15) is 12.0 Å². The molecule has 0 radical (unpaired) electrons. The van der Waals surface area contributed by atoms with Crippen LogP contribution >= 0.6 is 0 Å². The van der Waals surface area contributed by atoms with Crippen molar-refractivity contribution in [3.05, 3.63) is 53.0 Å². The predicted molar refractivity (Wildman–Crippen MR) is 75.6 cm³/mol. The molecule has 0 spiro atoms. The zero-order chi connectivity index (χ0) is 15.4. The molecule has 0 saturated heterocycles. The molecule has 0 bridgehead atoms. The lowest BCUT2D eigenvalue weighted by Gasteiger charge is -2.17. The van der Waals surface area contributed by atoms with Crippen LogP contribution in [0.3, 0.4) is 0 Å². The van der Waals surface area contributed by atoms with Crippen LogP contribution in [-0.4, -0.2) is 30.9 Å². The first-order valence-electron chi connectivity index (χ1n) is 6.47. The molecule has 0 amide bonds. The molecular formula is C16H16O5. The van der Waals surface area contributed by atoms with Crippen molar-refractivity contribution >= 4 is 11.6 Å². The highest BCUT2D eigenvalue weighted by Gasteiger charge is 2.30. The highest BCUT2D eigenvalue weighted by Crippen LogP contribution is 2.26. The van der Waals surface area contributed by atoms with Gasteiger partial charge in [-0.3, -0.25) is 9.59 Å². The molecular weight excluding hydrogens is 272 g/mol. The second-order valence-electron chi connectivity index (χ2n) is 4.55. The molecule has 0 heterocycles. The van der Waals surface area contributed by atoms with Crippen LogP contribution in [0.2, 0.25) is 0 Å². The van der Waals surface area contributed by atoms with Gasteiger partial charge < -0.3 is 14.6 Å². The number of methoxy groups -OCH3 is 2. The number of ether oxygens (including phenoxy) is 2. The number of allylic oxidation sites excluding steroid dienone is 2. The summed E-state index contributed by atoms with van der Waals surface area (Å²) in [5.74, 6) is -0.538. The fourth-order valence-corrected chi connectivity index (χ4v) is 2.24. The van der Waals surface area contributed by atoms with E-state index in [1.807, 2.05) is 0 Å². The van der Waals surface area contributed by atoms with Crippen LogP contribution in [0.25, 0.3) is 0 Å². The van der Waals surface area contributed by atoms with Crippen molar-refractivity contribution in [2.45, 2.75) is 12.8 Å². The SMILES string of the molecule is COC1=CC(=O)C(OC)=C(CCc2ccccc2O)C1=O. The summed E-state index contributed by atoms with van der Waals surface area (Å²) in [6.07, 6.45) is 1.83. The number of ketones is 2. The summed E-state index contributed by atoms with van der Waals surface area (Å²) in [6.45, 7) is 0. The molecule has 21 heavy (non-hydrogen) atoms. The Morgan fingerprint density at radius 3 is 2.38 bits per heavy atom. The lowest BCUT2D eigenvalue weighted by atomic mass is 9.94. The lowest BCUT2D eigenvalue weighted by Crippen LogP contribution is -2.21. The number of carbonyl (C=O) groups is 2. The smallest absolute Gasteiger partial charge is 0.227 e. The number of phenolic OH excluding ortho intramolecular Hbond substituents is 1. The zero-order valence-electron chi connectivity index (χ0n) is 11.9. The largest absolute Gasteiger partial charge is 0.508 e. The van der Waals surface area contributed by atoms with E-state index < -0.39 is 0 Å². The Kier molecular flexibility index (Phi) is 4.42. The summed E-state index contributed by atoms with van der Waals surface area (Å²) < 4.78 is 9.97. The molecule has 110 valence electrons. The van der Waals surface area contributed by atoms with Crippen LogP contribution in [-0.2, 0) is 25.5 Å². The molecule has 0 aromatic heterocycles. The summed E-state index contributed by atoms with van der Waals surface area (Å²) in [6, 6.07) is 6.87. The monoisotopic (exact) mass is 288 g/mol. The average molecular weight is 288 g/mol. The molecule has 1 aromatic carbocycles. The summed E-state index contributed by atoms with van der Waals surface area (Å²) in [5.41, 5.74) is 0.972. The third-order valence-corrected chi connectivity index (χ3v) is 3.32. The fourth-order valence-electron chi connectivity index (χ4n) is 2.24. The Morgan fingerprint density at radius 2 is 1.76 bits per heavy atom. The number of phenols is 1. The molecule has 5 heteroatoms.